The molecule has 118 valence electrons. The Morgan fingerprint density at radius 3 is 2.64 bits per heavy atom. The second-order valence-electron chi connectivity index (χ2n) is 5.88. The highest BCUT2D eigenvalue weighted by Crippen LogP contribution is 2.38. The molecule has 2 aliphatic rings. The van der Waals surface area contributed by atoms with Crippen molar-refractivity contribution in [1.29, 1.82) is 0 Å². The predicted octanol–water partition coefficient (Wildman–Crippen LogP) is 0.968. The third-order valence-corrected chi connectivity index (χ3v) is 4.21. The van der Waals surface area contributed by atoms with E-state index < -0.39 is 5.60 Å². The molecule has 0 radical (unpaired) electrons. The van der Waals surface area contributed by atoms with Crippen molar-refractivity contribution < 1.29 is 19.1 Å². The van der Waals surface area contributed by atoms with E-state index in [0.29, 0.717) is 37.7 Å². The maximum Gasteiger partial charge on any atom is 0.280 e. The molecule has 0 saturated carbocycles. The van der Waals surface area contributed by atoms with Gasteiger partial charge in [0.15, 0.2) is 0 Å². The van der Waals surface area contributed by atoms with Crippen molar-refractivity contribution in [1.82, 2.24) is 4.90 Å². The first kappa shape index (κ1) is 14.8. The zero-order chi connectivity index (χ0) is 15.9. The fourth-order valence-corrected chi connectivity index (χ4v) is 2.87. The van der Waals surface area contributed by atoms with Crippen molar-refractivity contribution >= 4 is 17.5 Å². The summed E-state index contributed by atoms with van der Waals surface area (Å²) in [6, 6.07) is 5.59. The van der Waals surface area contributed by atoms with E-state index in [0.717, 1.165) is 5.56 Å². The molecule has 1 fully saturated rings. The van der Waals surface area contributed by atoms with Crippen LogP contribution in [-0.4, -0.2) is 55.7 Å². The predicted molar refractivity (Wildman–Crippen MR) is 81.0 cm³/mol. The van der Waals surface area contributed by atoms with Crippen LogP contribution in [0.4, 0.5) is 5.69 Å². The summed E-state index contributed by atoms with van der Waals surface area (Å²) in [4.78, 5) is 28.7. The standard InChI is InChI=1S/C16H20N2O4/c1-11-4-5-13-12(10-11)17(3)14(19)16(2,22-13)15(20)18-6-8-21-9-7-18/h4-5,10H,6-9H2,1-3H3. The number of aryl methyl sites for hydroxylation is 1. The Morgan fingerprint density at radius 2 is 1.95 bits per heavy atom. The minimum atomic E-state index is -1.52. The molecule has 22 heavy (non-hydrogen) atoms. The number of fused-ring (bicyclic) bond motifs is 1. The van der Waals surface area contributed by atoms with Crippen LogP contribution in [0.15, 0.2) is 18.2 Å². The van der Waals surface area contributed by atoms with Gasteiger partial charge >= 0.3 is 0 Å². The molecule has 6 heteroatoms. The average Bonchev–Trinajstić information content (AvgIpc) is 2.54. The van der Waals surface area contributed by atoms with Crippen LogP contribution < -0.4 is 9.64 Å². The van der Waals surface area contributed by atoms with Crippen molar-refractivity contribution in [3.63, 3.8) is 0 Å². The van der Waals surface area contributed by atoms with Crippen molar-refractivity contribution in [2.75, 3.05) is 38.3 Å². The number of hydrogen-bond acceptors (Lipinski definition) is 4. The van der Waals surface area contributed by atoms with Crippen LogP contribution in [0.25, 0.3) is 0 Å². The van der Waals surface area contributed by atoms with E-state index in [1.54, 1.807) is 24.9 Å². The molecule has 1 unspecified atom stereocenters. The van der Waals surface area contributed by atoms with Crippen LogP contribution >= 0.6 is 0 Å². The van der Waals surface area contributed by atoms with E-state index in [2.05, 4.69) is 0 Å². The van der Waals surface area contributed by atoms with Crippen LogP contribution in [0.5, 0.6) is 5.75 Å². The molecule has 6 nitrogen and oxygen atoms in total. The topological polar surface area (TPSA) is 59.1 Å². The molecule has 0 spiro atoms. The zero-order valence-electron chi connectivity index (χ0n) is 13.1. The number of carbonyl (C=O) groups excluding carboxylic acids is 2. The number of amides is 2. The van der Waals surface area contributed by atoms with Gasteiger partial charge in [0.2, 0.25) is 0 Å². The fourth-order valence-electron chi connectivity index (χ4n) is 2.87. The number of morpholine rings is 1. The quantitative estimate of drug-likeness (QED) is 0.725. The second-order valence-corrected chi connectivity index (χ2v) is 5.88. The van der Waals surface area contributed by atoms with Gasteiger partial charge in [0.25, 0.3) is 17.4 Å². The highest BCUT2D eigenvalue weighted by molar-refractivity contribution is 6.16. The van der Waals surface area contributed by atoms with E-state index in [-0.39, 0.29) is 11.8 Å². The lowest BCUT2D eigenvalue weighted by Gasteiger charge is -2.41. The molecule has 1 aromatic carbocycles. The van der Waals surface area contributed by atoms with Crippen molar-refractivity contribution in [2.24, 2.45) is 0 Å². The van der Waals surface area contributed by atoms with Crippen LogP contribution in [0.2, 0.25) is 0 Å². The van der Waals surface area contributed by atoms with Gasteiger partial charge in [-0.1, -0.05) is 6.07 Å². The zero-order valence-corrected chi connectivity index (χ0v) is 13.1. The van der Waals surface area contributed by atoms with Gasteiger partial charge in [-0.15, -0.1) is 0 Å². The van der Waals surface area contributed by atoms with Crippen molar-refractivity contribution in [3.8, 4) is 5.75 Å². The van der Waals surface area contributed by atoms with Crippen LogP contribution in [-0.2, 0) is 14.3 Å². The SMILES string of the molecule is Cc1ccc2c(c1)N(C)C(=O)C(C)(C(=O)N1CCOCC1)O2. The summed E-state index contributed by atoms with van der Waals surface area (Å²) in [7, 11) is 1.67. The Bertz CT molecular complexity index is 625. The Morgan fingerprint density at radius 1 is 1.27 bits per heavy atom. The highest BCUT2D eigenvalue weighted by atomic mass is 16.5. The molecular weight excluding hydrogens is 284 g/mol. The molecule has 3 rings (SSSR count). The Labute approximate surface area is 129 Å². The molecule has 0 aromatic heterocycles. The van der Waals surface area contributed by atoms with Crippen molar-refractivity contribution in [3.05, 3.63) is 23.8 Å². The molecule has 2 heterocycles. The largest absolute Gasteiger partial charge is 0.465 e. The number of likely N-dealkylation sites (N-methyl/N-ethyl adjacent to an activating group) is 1. The lowest BCUT2D eigenvalue weighted by atomic mass is 9.99. The first-order valence-corrected chi connectivity index (χ1v) is 7.38. The number of ether oxygens (including phenoxy) is 2. The Hall–Kier alpha value is -2.08. The molecule has 1 saturated heterocycles. The maximum absolute atomic E-state index is 12.8. The van der Waals surface area contributed by atoms with E-state index in [9.17, 15) is 9.59 Å². The monoisotopic (exact) mass is 304 g/mol. The third-order valence-electron chi connectivity index (χ3n) is 4.21. The number of benzene rings is 1. The Kier molecular flexibility index (Phi) is 3.56. The van der Waals surface area contributed by atoms with Gasteiger partial charge in [-0.05, 0) is 31.5 Å². The Balaban J connectivity index is 1.95. The van der Waals surface area contributed by atoms with Crippen LogP contribution in [0.3, 0.4) is 0 Å². The third kappa shape index (κ3) is 2.23. The average molecular weight is 304 g/mol. The molecular formula is C16H20N2O4. The molecule has 2 aliphatic heterocycles. The van der Waals surface area contributed by atoms with Gasteiger partial charge in [-0.3, -0.25) is 9.59 Å². The smallest absolute Gasteiger partial charge is 0.280 e. The number of carbonyl (C=O) groups is 2. The van der Waals surface area contributed by atoms with Gasteiger partial charge in [0.05, 0.1) is 18.9 Å². The fraction of sp³-hybridized carbons (Fsp3) is 0.500. The van der Waals surface area contributed by atoms with Gasteiger partial charge in [0, 0.05) is 20.1 Å². The van der Waals surface area contributed by atoms with E-state index >= 15 is 0 Å². The number of nitrogens with zero attached hydrogens (tertiary/aromatic N) is 2. The number of anilines is 1. The molecule has 2 amide bonds. The summed E-state index contributed by atoms with van der Waals surface area (Å²) in [5.41, 5.74) is 0.205. The summed E-state index contributed by atoms with van der Waals surface area (Å²) >= 11 is 0. The minimum absolute atomic E-state index is 0.307. The summed E-state index contributed by atoms with van der Waals surface area (Å²) in [5, 5.41) is 0. The van der Waals surface area contributed by atoms with E-state index in [1.807, 2.05) is 19.1 Å². The van der Waals surface area contributed by atoms with Gasteiger partial charge in [-0.25, -0.2) is 0 Å². The van der Waals surface area contributed by atoms with Crippen LogP contribution in [0, 0.1) is 6.92 Å². The molecule has 0 aliphatic carbocycles. The van der Waals surface area contributed by atoms with Crippen LogP contribution in [0.1, 0.15) is 12.5 Å². The lowest BCUT2D eigenvalue weighted by molar-refractivity contribution is -0.158. The second kappa shape index (κ2) is 5.28. The molecule has 0 bridgehead atoms. The lowest BCUT2D eigenvalue weighted by Crippen LogP contribution is -2.63. The van der Waals surface area contributed by atoms with Gasteiger partial charge in [-0.2, -0.15) is 0 Å². The van der Waals surface area contributed by atoms with E-state index in [4.69, 9.17) is 9.47 Å². The minimum Gasteiger partial charge on any atom is -0.465 e. The summed E-state index contributed by atoms with van der Waals surface area (Å²) in [6.45, 7) is 5.44. The van der Waals surface area contributed by atoms with Crippen molar-refractivity contribution in [2.45, 2.75) is 19.4 Å². The molecule has 1 aromatic rings. The first-order valence-electron chi connectivity index (χ1n) is 7.38. The molecule has 0 N–H and O–H groups in total. The summed E-state index contributed by atoms with van der Waals surface area (Å²) in [5.74, 6) is -0.0993. The summed E-state index contributed by atoms with van der Waals surface area (Å²) < 4.78 is 11.1. The number of rotatable bonds is 1. The normalized spacial score (nSPS) is 24.8. The van der Waals surface area contributed by atoms with Gasteiger partial charge < -0.3 is 19.3 Å². The molecule has 1 atom stereocenters. The van der Waals surface area contributed by atoms with E-state index in [1.165, 1.54) is 4.90 Å². The van der Waals surface area contributed by atoms with Gasteiger partial charge in [0.1, 0.15) is 5.75 Å². The number of hydrogen-bond donors (Lipinski definition) is 0. The maximum atomic E-state index is 12.8. The first-order chi connectivity index (χ1) is 10.4. The highest BCUT2D eigenvalue weighted by Gasteiger charge is 2.51. The summed E-state index contributed by atoms with van der Waals surface area (Å²) in [6.07, 6.45) is 0.